The summed E-state index contributed by atoms with van der Waals surface area (Å²) in [7, 11) is -5.42. The van der Waals surface area contributed by atoms with Crippen molar-refractivity contribution in [3.05, 3.63) is 0 Å². The third-order valence-corrected chi connectivity index (χ3v) is 0. The van der Waals surface area contributed by atoms with Gasteiger partial charge in [0.15, 0.2) is 0 Å². The van der Waals surface area contributed by atoms with Gasteiger partial charge in [-0.15, -0.1) is 3.89 Å². The van der Waals surface area contributed by atoms with Crippen molar-refractivity contribution in [1.82, 2.24) is 0 Å². The Bertz CT molecular complexity index is 94.9. The second-order valence-electron chi connectivity index (χ2n) is 0.393. The molecule has 0 amide bonds. The minimum Gasteiger partial charge on any atom is -0.722 e. The summed E-state index contributed by atoms with van der Waals surface area (Å²) in [5.41, 5.74) is 0. The molecule has 0 aromatic carbocycles. The predicted molar refractivity (Wildman–Crippen MR) is 20.2 cm³/mol. The van der Waals surface area contributed by atoms with Crippen LogP contribution in [0.5, 0.6) is 0 Å². The third-order valence-electron chi connectivity index (χ3n) is 0. The maximum atomic E-state index is 10.1. The fourth-order valence-corrected chi connectivity index (χ4v) is 0. The van der Waals surface area contributed by atoms with E-state index in [9.17, 15) is 3.89 Å². The van der Waals surface area contributed by atoms with Crippen LogP contribution in [0.25, 0.3) is 0 Å². The van der Waals surface area contributed by atoms with Crippen molar-refractivity contribution < 1.29 is 22.3 Å². The molecular weight excluding hydrogens is 142 g/mol. The van der Waals surface area contributed by atoms with Gasteiger partial charge in [-0.3, -0.25) is 0 Å². The Kier molecular flexibility index (Phi) is 10.0. The molecule has 40 valence electrons. The molecule has 7 heavy (non-hydrogen) atoms. The fourth-order valence-electron chi connectivity index (χ4n) is 0. The summed E-state index contributed by atoms with van der Waals surface area (Å²) in [6.45, 7) is 0. The zero-order valence-corrected chi connectivity index (χ0v) is 5.06. The maximum absolute atomic E-state index is 10.1. The molecule has 0 radical (unpaired) electrons. The molecule has 0 aromatic heterocycles. The summed E-state index contributed by atoms with van der Waals surface area (Å²) >= 11 is 0. The molecule has 0 aromatic rings. The van der Waals surface area contributed by atoms with E-state index in [2.05, 4.69) is 0 Å². The molecule has 0 aliphatic rings. The quantitative estimate of drug-likeness (QED) is 0.228. The van der Waals surface area contributed by atoms with Crippen molar-refractivity contribution in [2.24, 2.45) is 0 Å². The molecule has 0 bridgehead atoms. The van der Waals surface area contributed by atoms with Gasteiger partial charge in [0, 0.05) is 0 Å². The number of halogens is 1. The van der Waals surface area contributed by atoms with Crippen molar-refractivity contribution in [3.8, 4) is 0 Å². The van der Waals surface area contributed by atoms with Crippen LogP contribution in [0, 0.1) is 0 Å². The standard InChI is InChI=1S/Al.FHO3S.H2O/c;1-5(2,3)4;/h;(H,2,3,4);1H2/q+3;;/p-1. The van der Waals surface area contributed by atoms with Crippen LogP contribution in [-0.4, -0.2) is 35.8 Å². The Morgan fingerprint density at radius 2 is 1.43 bits per heavy atom. The zero-order chi connectivity index (χ0) is 4.50. The van der Waals surface area contributed by atoms with Crippen molar-refractivity contribution in [1.29, 1.82) is 0 Å². The fraction of sp³-hybridized carbons (Fsp3) is 0. The molecule has 7 heteroatoms. The summed E-state index contributed by atoms with van der Waals surface area (Å²) in [5, 5.41) is 0. The monoisotopic (exact) mass is 144 g/mol. The molecule has 0 rings (SSSR count). The second-order valence-corrected chi connectivity index (χ2v) is 1.18. The van der Waals surface area contributed by atoms with Crippen molar-refractivity contribution >= 4 is 27.9 Å². The Labute approximate surface area is 50.8 Å². The van der Waals surface area contributed by atoms with Crippen LogP contribution in [0.1, 0.15) is 0 Å². The van der Waals surface area contributed by atoms with E-state index in [-0.39, 0.29) is 22.8 Å². The Morgan fingerprint density at radius 1 is 1.43 bits per heavy atom. The van der Waals surface area contributed by atoms with Crippen LogP contribution in [0.15, 0.2) is 0 Å². The SMILES string of the molecule is O.O=S(=O)([O-])F.[Al+3]. The summed E-state index contributed by atoms with van der Waals surface area (Å²) < 4.78 is 35.3. The first kappa shape index (κ1) is 15.7. The van der Waals surface area contributed by atoms with Gasteiger partial charge in [-0.2, -0.15) is 0 Å². The van der Waals surface area contributed by atoms with Gasteiger partial charge in [0.25, 0.3) is 10.5 Å². The zero-order valence-electron chi connectivity index (χ0n) is 3.09. The number of hydrogen-bond acceptors (Lipinski definition) is 3. The van der Waals surface area contributed by atoms with Crippen LogP contribution in [0.4, 0.5) is 3.89 Å². The summed E-state index contributed by atoms with van der Waals surface area (Å²) in [6, 6.07) is 0. The van der Waals surface area contributed by atoms with E-state index in [1.165, 1.54) is 0 Å². The topological polar surface area (TPSA) is 88.7 Å². The van der Waals surface area contributed by atoms with Crippen LogP contribution >= 0.6 is 0 Å². The van der Waals surface area contributed by atoms with E-state index in [0.29, 0.717) is 0 Å². The average Bonchev–Trinajstić information content (AvgIpc) is 0.722. The molecular formula is H2AlFO4S+2. The van der Waals surface area contributed by atoms with Gasteiger partial charge in [-0.25, -0.2) is 8.42 Å². The van der Waals surface area contributed by atoms with E-state index in [0.717, 1.165) is 0 Å². The minimum atomic E-state index is -5.42. The van der Waals surface area contributed by atoms with Gasteiger partial charge in [-0.05, 0) is 0 Å². The van der Waals surface area contributed by atoms with Crippen molar-refractivity contribution in [2.45, 2.75) is 0 Å². The maximum Gasteiger partial charge on any atom is 3.00 e. The van der Waals surface area contributed by atoms with Gasteiger partial charge in [-0.1, -0.05) is 0 Å². The van der Waals surface area contributed by atoms with E-state index in [1.807, 2.05) is 0 Å². The van der Waals surface area contributed by atoms with E-state index < -0.39 is 10.5 Å². The predicted octanol–water partition coefficient (Wildman–Crippen LogP) is -1.79. The van der Waals surface area contributed by atoms with Crippen LogP contribution in [-0.2, 0) is 10.5 Å². The smallest absolute Gasteiger partial charge is 0.722 e. The normalized spacial score (nSPS) is 8.29. The van der Waals surface area contributed by atoms with Gasteiger partial charge < -0.3 is 10.0 Å². The number of hydrogen-bond donors (Lipinski definition) is 0. The molecule has 0 saturated heterocycles. The van der Waals surface area contributed by atoms with E-state index in [4.69, 9.17) is 13.0 Å². The molecule has 0 spiro atoms. The second kappa shape index (κ2) is 4.49. The molecule has 0 fully saturated rings. The molecule has 4 nitrogen and oxygen atoms in total. The first-order valence-electron chi connectivity index (χ1n) is 0.654. The molecule has 2 N–H and O–H groups in total. The van der Waals surface area contributed by atoms with Crippen LogP contribution in [0.3, 0.4) is 0 Å². The van der Waals surface area contributed by atoms with E-state index >= 15 is 0 Å². The summed E-state index contributed by atoms with van der Waals surface area (Å²) in [4.78, 5) is 0. The Balaban J connectivity index is -0.0000000800. The number of rotatable bonds is 0. The molecule has 0 saturated carbocycles. The Morgan fingerprint density at radius 3 is 1.43 bits per heavy atom. The molecule has 0 aliphatic carbocycles. The summed E-state index contributed by atoms with van der Waals surface area (Å²) in [5.74, 6) is 0. The average molecular weight is 144 g/mol. The molecule has 0 aliphatic heterocycles. The van der Waals surface area contributed by atoms with Gasteiger partial charge in [0.05, 0.1) is 0 Å². The molecule has 0 heterocycles. The largest absolute Gasteiger partial charge is 3.00 e. The Hall–Kier alpha value is 0.332. The van der Waals surface area contributed by atoms with Gasteiger partial charge in [0.2, 0.25) is 0 Å². The van der Waals surface area contributed by atoms with Crippen LogP contribution < -0.4 is 0 Å². The first-order chi connectivity index (χ1) is 2.00. The summed E-state index contributed by atoms with van der Waals surface area (Å²) in [6.07, 6.45) is 0. The van der Waals surface area contributed by atoms with Crippen molar-refractivity contribution in [3.63, 3.8) is 0 Å². The molecule has 0 atom stereocenters. The van der Waals surface area contributed by atoms with E-state index in [1.54, 1.807) is 0 Å². The van der Waals surface area contributed by atoms with Gasteiger partial charge >= 0.3 is 17.4 Å². The first-order valence-corrected chi connectivity index (χ1v) is 1.96. The van der Waals surface area contributed by atoms with Crippen LogP contribution in [0.2, 0.25) is 0 Å². The third kappa shape index (κ3) is 1080. The van der Waals surface area contributed by atoms with Gasteiger partial charge in [0.1, 0.15) is 0 Å². The van der Waals surface area contributed by atoms with Crippen molar-refractivity contribution in [2.75, 3.05) is 0 Å². The molecule has 0 unspecified atom stereocenters. The minimum absolute atomic E-state index is 0.